The van der Waals surface area contributed by atoms with Gasteiger partial charge >= 0.3 is 0 Å². The number of fused-ring (bicyclic) bond motifs is 1. The van der Waals surface area contributed by atoms with Gasteiger partial charge in [0.15, 0.2) is 0 Å². The van der Waals surface area contributed by atoms with E-state index in [1.807, 2.05) is 24.3 Å². The zero-order valence-electron chi connectivity index (χ0n) is 18.4. The average Bonchev–Trinajstić information content (AvgIpc) is 3.60. The molecule has 2 fully saturated rings. The number of para-hydroxylation sites is 1. The van der Waals surface area contributed by atoms with Gasteiger partial charge in [-0.1, -0.05) is 18.2 Å². The highest BCUT2D eigenvalue weighted by atomic mass is 32.2. The summed E-state index contributed by atoms with van der Waals surface area (Å²) in [6.45, 7) is 1.92. The number of hydrogen-bond acceptors (Lipinski definition) is 5. The normalized spacial score (nSPS) is 19.9. The fraction of sp³-hybridized carbons (Fsp3) is 0.500. The van der Waals surface area contributed by atoms with Gasteiger partial charge in [-0.2, -0.15) is 8.61 Å². The standard InChI is InChI=1S/C22H28N4O5S2/c27-22(26-14-9-18-7-1-2-8-19(18)26)17-23-15-20(32(28,29)24-10-3-4-11-24)21(16-23)33(30,31)25-12-5-6-13-25/h1-2,7-8,15-16H,3-6,9-14,17H2. The Morgan fingerprint density at radius 2 is 1.27 bits per heavy atom. The van der Waals surface area contributed by atoms with Crippen LogP contribution in [-0.4, -0.2) is 68.6 Å². The van der Waals surface area contributed by atoms with Gasteiger partial charge in [0, 0.05) is 50.8 Å². The van der Waals surface area contributed by atoms with Crippen LogP contribution in [0.1, 0.15) is 31.2 Å². The van der Waals surface area contributed by atoms with Gasteiger partial charge < -0.3 is 9.47 Å². The predicted octanol–water partition coefficient (Wildman–Crippen LogP) is 1.65. The number of benzene rings is 1. The highest BCUT2D eigenvalue weighted by Gasteiger charge is 2.38. The van der Waals surface area contributed by atoms with E-state index in [1.165, 1.54) is 25.6 Å². The first-order valence-corrected chi connectivity index (χ1v) is 14.2. The minimum absolute atomic E-state index is 0.133. The SMILES string of the molecule is O=C(Cn1cc(S(=O)(=O)N2CCCC2)c(S(=O)(=O)N2CCCC2)c1)N1CCc2ccccc21. The molecule has 11 heteroatoms. The molecule has 0 spiro atoms. The van der Waals surface area contributed by atoms with Crippen molar-refractivity contribution in [1.29, 1.82) is 0 Å². The van der Waals surface area contributed by atoms with Crippen LogP contribution >= 0.6 is 0 Å². The molecule has 3 aliphatic rings. The molecular formula is C22H28N4O5S2. The van der Waals surface area contributed by atoms with Crippen molar-refractivity contribution in [3.63, 3.8) is 0 Å². The Bertz CT molecular complexity index is 1210. The van der Waals surface area contributed by atoms with Gasteiger partial charge in [0.05, 0.1) is 0 Å². The van der Waals surface area contributed by atoms with E-state index in [0.29, 0.717) is 32.7 Å². The van der Waals surface area contributed by atoms with E-state index in [2.05, 4.69) is 0 Å². The van der Waals surface area contributed by atoms with Gasteiger partial charge in [-0.3, -0.25) is 4.79 Å². The Labute approximate surface area is 194 Å². The molecule has 5 rings (SSSR count). The fourth-order valence-electron chi connectivity index (χ4n) is 4.92. The summed E-state index contributed by atoms with van der Waals surface area (Å²) in [6.07, 6.45) is 6.40. The maximum absolute atomic E-state index is 13.4. The highest BCUT2D eigenvalue weighted by molar-refractivity contribution is 7.92. The summed E-state index contributed by atoms with van der Waals surface area (Å²) in [6, 6.07) is 7.69. The second kappa shape index (κ2) is 8.53. The molecule has 1 aromatic heterocycles. The number of amides is 1. The molecule has 0 saturated carbocycles. The molecule has 0 N–H and O–H groups in total. The third kappa shape index (κ3) is 4.01. The second-order valence-electron chi connectivity index (χ2n) is 8.81. The molecule has 33 heavy (non-hydrogen) atoms. The number of carbonyl (C=O) groups is 1. The van der Waals surface area contributed by atoms with Crippen LogP contribution in [0, 0.1) is 0 Å². The number of aromatic nitrogens is 1. The number of nitrogens with zero attached hydrogens (tertiary/aromatic N) is 4. The number of sulfonamides is 2. The molecule has 0 radical (unpaired) electrons. The number of anilines is 1. The molecule has 2 aromatic rings. The lowest BCUT2D eigenvalue weighted by atomic mass is 10.2. The van der Waals surface area contributed by atoms with Crippen LogP contribution in [-0.2, 0) is 37.8 Å². The van der Waals surface area contributed by atoms with E-state index in [-0.39, 0.29) is 22.2 Å². The summed E-state index contributed by atoms with van der Waals surface area (Å²) in [5.41, 5.74) is 1.94. The molecular weight excluding hydrogens is 464 g/mol. The van der Waals surface area contributed by atoms with Gasteiger partial charge in [0.25, 0.3) is 0 Å². The van der Waals surface area contributed by atoms with Gasteiger partial charge in [-0.05, 0) is 43.7 Å². The molecule has 0 unspecified atom stereocenters. The lowest BCUT2D eigenvalue weighted by Crippen LogP contribution is -2.32. The van der Waals surface area contributed by atoms with Crippen molar-refractivity contribution in [2.24, 2.45) is 0 Å². The van der Waals surface area contributed by atoms with Gasteiger partial charge in [0.2, 0.25) is 26.0 Å². The maximum Gasteiger partial charge on any atom is 0.246 e. The van der Waals surface area contributed by atoms with Crippen LogP contribution in [0.5, 0.6) is 0 Å². The molecule has 3 aliphatic heterocycles. The van der Waals surface area contributed by atoms with Crippen LogP contribution < -0.4 is 4.90 Å². The van der Waals surface area contributed by atoms with Crippen molar-refractivity contribution in [2.45, 2.75) is 48.4 Å². The summed E-state index contributed by atoms with van der Waals surface area (Å²) in [4.78, 5) is 14.3. The van der Waals surface area contributed by atoms with Crippen molar-refractivity contribution in [2.75, 3.05) is 37.6 Å². The predicted molar refractivity (Wildman–Crippen MR) is 123 cm³/mol. The van der Waals surface area contributed by atoms with E-state index < -0.39 is 20.0 Å². The molecule has 4 heterocycles. The average molecular weight is 493 g/mol. The lowest BCUT2D eigenvalue weighted by Gasteiger charge is -2.18. The van der Waals surface area contributed by atoms with E-state index in [9.17, 15) is 21.6 Å². The first kappa shape index (κ1) is 22.6. The van der Waals surface area contributed by atoms with E-state index in [4.69, 9.17) is 0 Å². The number of rotatable bonds is 6. The summed E-state index contributed by atoms with van der Waals surface area (Å²) >= 11 is 0. The monoisotopic (exact) mass is 492 g/mol. The zero-order valence-corrected chi connectivity index (χ0v) is 20.0. The van der Waals surface area contributed by atoms with Gasteiger partial charge in [-0.25, -0.2) is 16.8 Å². The van der Waals surface area contributed by atoms with Gasteiger partial charge in [-0.15, -0.1) is 0 Å². The van der Waals surface area contributed by atoms with Crippen LogP contribution in [0.2, 0.25) is 0 Å². The minimum atomic E-state index is -3.98. The molecule has 178 valence electrons. The topological polar surface area (TPSA) is 100 Å². The second-order valence-corrected chi connectivity index (χ2v) is 12.6. The Balaban J connectivity index is 1.50. The van der Waals surface area contributed by atoms with Crippen molar-refractivity contribution < 1.29 is 21.6 Å². The van der Waals surface area contributed by atoms with E-state index in [0.717, 1.165) is 43.4 Å². The molecule has 1 aromatic carbocycles. The minimum Gasteiger partial charge on any atom is -0.342 e. The summed E-state index contributed by atoms with van der Waals surface area (Å²) in [7, 11) is -7.97. The van der Waals surface area contributed by atoms with Gasteiger partial charge in [0.1, 0.15) is 16.3 Å². The van der Waals surface area contributed by atoms with Crippen LogP contribution in [0.25, 0.3) is 0 Å². The zero-order chi connectivity index (χ0) is 23.2. The van der Waals surface area contributed by atoms with Crippen molar-refractivity contribution in [3.05, 3.63) is 42.2 Å². The Hall–Kier alpha value is -2.21. The molecule has 9 nitrogen and oxygen atoms in total. The maximum atomic E-state index is 13.4. The Morgan fingerprint density at radius 1 is 0.758 bits per heavy atom. The van der Waals surface area contributed by atoms with Crippen LogP contribution in [0.3, 0.4) is 0 Å². The molecule has 0 atom stereocenters. The van der Waals surface area contributed by atoms with E-state index >= 15 is 0 Å². The largest absolute Gasteiger partial charge is 0.342 e. The summed E-state index contributed by atoms with van der Waals surface area (Å²) in [5, 5.41) is 0. The smallest absolute Gasteiger partial charge is 0.246 e. The van der Waals surface area contributed by atoms with Crippen molar-refractivity contribution >= 4 is 31.6 Å². The fourth-order valence-corrected chi connectivity index (χ4v) is 8.74. The Morgan fingerprint density at radius 3 is 1.82 bits per heavy atom. The van der Waals surface area contributed by atoms with Crippen LogP contribution in [0.15, 0.2) is 46.5 Å². The summed E-state index contributed by atoms with van der Waals surface area (Å²) in [5.74, 6) is -0.204. The first-order valence-electron chi connectivity index (χ1n) is 11.4. The summed E-state index contributed by atoms with van der Waals surface area (Å²) < 4.78 is 57.6. The molecule has 2 saturated heterocycles. The third-order valence-corrected chi connectivity index (χ3v) is 10.7. The van der Waals surface area contributed by atoms with E-state index in [1.54, 1.807) is 4.90 Å². The molecule has 1 amide bonds. The highest BCUT2D eigenvalue weighted by Crippen LogP contribution is 2.32. The Kier molecular flexibility index (Phi) is 5.84. The first-order chi connectivity index (χ1) is 15.8. The number of hydrogen-bond donors (Lipinski definition) is 0. The number of carbonyl (C=O) groups excluding carboxylic acids is 1. The molecule has 0 aliphatic carbocycles. The quantitative estimate of drug-likeness (QED) is 0.611. The molecule has 0 bridgehead atoms. The third-order valence-electron chi connectivity index (χ3n) is 6.68. The van der Waals surface area contributed by atoms with Crippen molar-refractivity contribution in [3.8, 4) is 0 Å². The van der Waals surface area contributed by atoms with Crippen LogP contribution in [0.4, 0.5) is 5.69 Å². The van der Waals surface area contributed by atoms with Crippen molar-refractivity contribution in [1.82, 2.24) is 13.2 Å². The lowest BCUT2D eigenvalue weighted by molar-refractivity contribution is -0.119.